The zero-order chi connectivity index (χ0) is 12.8. The third-order valence-corrected chi connectivity index (χ3v) is 3.27. The van der Waals surface area contributed by atoms with Crippen LogP contribution in [0.1, 0.15) is 25.7 Å². The highest BCUT2D eigenvalue weighted by Crippen LogP contribution is 2.22. The van der Waals surface area contributed by atoms with Gasteiger partial charge in [0.2, 0.25) is 0 Å². The van der Waals surface area contributed by atoms with E-state index >= 15 is 0 Å². The lowest BCUT2D eigenvalue weighted by Gasteiger charge is -2.30. The maximum Gasteiger partial charge on any atom is 0.514 e. The van der Waals surface area contributed by atoms with Gasteiger partial charge in [-0.15, -0.1) is 0 Å². The monoisotopic (exact) mass is 249 g/mol. The Bertz CT molecular complexity index is 380. The van der Waals surface area contributed by atoms with Crippen LogP contribution in [0.25, 0.3) is 0 Å². The Morgan fingerprint density at radius 3 is 2.67 bits per heavy atom. The molecule has 1 aromatic carbocycles. The minimum Gasteiger partial charge on any atom is -0.429 e. The summed E-state index contributed by atoms with van der Waals surface area (Å²) in [5, 5.41) is 3.19. The van der Waals surface area contributed by atoms with E-state index in [-0.39, 0.29) is 12.1 Å². The van der Waals surface area contributed by atoms with Gasteiger partial charge in [-0.3, -0.25) is 0 Å². The Labute approximate surface area is 107 Å². The van der Waals surface area contributed by atoms with Crippen LogP contribution in [-0.4, -0.2) is 25.3 Å². The van der Waals surface area contributed by atoms with Crippen LogP contribution in [0.15, 0.2) is 30.3 Å². The number of carbonyl (C=O) groups is 1. The van der Waals surface area contributed by atoms with Gasteiger partial charge in [-0.1, -0.05) is 24.6 Å². The number of nitrogens with one attached hydrogen (secondary N) is 1. The lowest BCUT2D eigenvalue weighted by Crippen LogP contribution is -2.43. The summed E-state index contributed by atoms with van der Waals surface area (Å²) in [6.45, 7) is 0. The summed E-state index contributed by atoms with van der Waals surface area (Å²) in [6.07, 6.45) is 3.52. The largest absolute Gasteiger partial charge is 0.514 e. The molecule has 1 saturated carbocycles. The molecule has 0 spiro atoms. The van der Waals surface area contributed by atoms with Gasteiger partial charge in [0.05, 0.1) is 0 Å². The van der Waals surface area contributed by atoms with E-state index < -0.39 is 6.16 Å². The first-order valence-electron chi connectivity index (χ1n) is 6.40. The number of carbonyl (C=O) groups excluding carboxylic acids is 1. The van der Waals surface area contributed by atoms with Gasteiger partial charge in [-0.25, -0.2) is 4.79 Å². The quantitative estimate of drug-likeness (QED) is 0.661. The Balaban J connectivity index is 1.86. The first-order chi connectivity index (χ1) is 8.79. The van der Waals surface area contributed by atoms with E-state index in [1.165, 1.54) is 6.42 Å². The molecular formula is C14H19NO3. The lowest BCUT2D eigenvalue weighted by molar-refractivity contribution is 0.0256. The van der Waals surface area contributed by atoms with E-state index in [9.17, 15) is 4.79 Å². The van der Waals surface area contributed by atoms with Crippen LogP contribution >= 0.6 is 0 Å². The standard InChI is InChI=1S/C14H19NO3/c1-15-12-9-5-6-10-13(12)18-14(16)17-11-7-3-2-4-8-11/h2-4,7-8,12-13,15H,5-6,9-10H2,1H3. The van der Waals surface area contributed by atoms with Crippen LogP contribution in [0.4, 0.5) is 4.79 Å². The normalized spacial score (nSPS) is 23.4. The van der Waals surface area contributed by atoms with E-state index in [4.69, 9.17) is 9.47 Å². The van der Waals surface area contributed by atoms with Gasteiger partial charge in [0.25, 0.3) is 0 Å². The molecule has 0 amide bonds. The Kier molecular flexibility index (Phi) is 4.59. The zero-order valence-electron chi connectivity index (χ0n) is 10.6. The van der Waals surface area contributed by atoms with Crippen molar-refractivity contribution < 1.29 is 14.3 Å². The molecule has 0 radical (unpaired) electrons. The molecule has 98 valence electrons. The van der Waals surface area contributed by atoms with Crippen LogP contribution in [0.2, 0.25) is 0 Å². The highest BCUT2D eigenvalue weighted by molar-refractivity contribution is 5.64. The number of hydrogen-bond donors (Lipinski definition) is 1. The summed E-state index contributed by atoms with van der Waals surface area (Å²) in [5.41, 5.74) is 0. The van der Waals surface area contributed by atoms with Gasteiger partial charge in [0.1, 0.15) is 11.9 Å². The molecular weight excluding hydrogens is 230 g/mol. The summed E-state index contributed by atoms with van der Waals surface area (Å²) >= 11 is 0. The molecule has 1 aliphatic carbocycles. The highest BCUT2D eigenvalue weighted by Gasteiger charge is 2.27. The molecule has 4 heteroatoms. The van der Waals surface area contributed by atoms with Crippen molar-refractivity contribution in [3.05, 3.63) is 30.3 Å². The highest BCUT2D eigenvalue weighted by atomic mass is 16.7. The Morgan fingerprint density at radius 2 is 1.94 bits per heavy atom. The summed E-state index contributed by atoms with van der Waals surface area (Å²) in [5.74, 6) is 0.513. The maximum atomic E-state index is 11.7. The molecule has 2 atom stereocenters. The first kappa shape index (κ1) is 12.9. The second kappa shape index (κ2) is 6.40. The molecule has 2 rings (SSSR count). The first-order valence-corrected chi connectivity index (χ1v) is 6.40. The Hall–Kier alpha value is -1.55. The molecule has 0 aromatic heterocycles. The lowest BCUT2D eigenvalue weighted by atomic mass is 9.93. The Morgan fingerprint density at radius 1 is 1.22 bits per heavy atom. The van der Waals surface area contributed by atoms with E-state index in [2.05, 4.69) is 5.32 Å². The van der Waals surface area contributed by atoms with Crippen LogP contribution in [0.3, 0.4) is 0 Å². The third-order valence-electron chi connectivity index (χ3n) is 3.27. The molecule has 0 heterocycles. The summed E-state index contributed by atoms with van der Waals surface area (Å²) in [7, 11) is 1.90. The van der Waals surface area contributed by atoms with Crippen molar-refractivity contribution in [1.29, 1.82) is 0 Å². The van der Waals surface area contributed by atoms with E-state index in [0.717, 1.165) is 19.3 Å². The third kappa shape index (κ3) is 3.47. The SMILES string of the molecule is CNC1CCCCC1OC(=O)Oc1ccccc1. The number of benzene rings is 1. The fraction of sp³-hybridized carbons (Fsp3) is 0.500. The average Bonchev–Trinajstić information content (AvgIpc) is 2.40. The van der Waals surface area contributed by atoms with Gasteiger partial charge in [-0.05, 0) is 38.4 Å². The second-order valence-electron chi connectivity index (χ2n) is 4.50. The fourth-order valence-corrected chi connectivity index (χ4v) is 2.30. The molecule has 2 unspecified atom stereocenters. The summed E-state index contributed by atoms with van der Waals surface area (Å²) in [6, 6.07) is 9.22. The average molecular weight is 249 g/mol. The fourth-order valence-electron chi connectivity index (χ4n) is 2.30. The molecule has 18 heavy (non-hydrogen) atoms. The summed E-state index contributed by atoms with van der Waals surface area (Å²) < 4.78 is 10.5. The number of para-hydroxylation sites is 1. The second-order valence-corrected chi connectivity index (χ2v) is 4.50. The zero-order valence-corrected chi connectivity index (χ0v) is 10.6. The van der Waals surface area contributed by atoms with Crippen LogP contribution in [0, 0.1) is 0 Å². The molecule has 1 fully saturated rings. The van der Waals surface area contributed by atoms with Crippen molar-refractivity contribution in [3.8, 4) is 5.75 Å². The van der Waals surface area contributed by atoms with Crippen molar-refractivity contribution in [1.82, 2.24) is 5.32 Å². The van der Waals surface area contributed by atoms with E-state index in [1.807, 2.05) is 25.2 Å². The van der Waals surface area contributed by atoms with Crippen molar-refractivity contribution in [2.45, 2.75) is 37.8 Å². The molecule has 4 nitrogen and oxygen atoms in total. The smallest absolute Gasteiger partial charge is 0.429 e. The van der Waals surface area contributed by atoms with Crippen molar-refractivity contribution in [2.24, 2.45) is 0 Å². The predicted octanol–water partition coefficient (Wildman–Crippen LogP) is 2.73. The minimum absolute atomic E-state index is 0.0834. The van der Waals surface area contributed by atoms with Crippen LogP contribution in [0.5, 0.6) is 5.75 Å². The minimum atomic E-state index is -0.617. The van der Waals surface area contributed by atoms with Crippen molar-refractivity contribution in [2.75, 3.05) is 7.05 Å². The van der Waals surface area contributed by atoms with Crippen molar-refractivity contribution >= 4 is 6.16 Å². The van der Waals surface area contributed by atoms with Crippen molar-refractivity contribution in [3.63, 3.8) is 0 Å². The maximum absolute atomic E-state index is 11.7. The molecule has 1 aromatic rings. The van der Waals surface area contributed by atoms with Crippen LogP contribution < -0.4 is 10.1 Å². The van der Waals surface area contributed by atoms with E-state index in [0.29, 0.717) is 5.75 Å². The number of rotatable bonds is 3. The molecule has 0 aliphatic heterocycles. The number of likely N-dealkylation sites (N-methyl/N-ethyl adjacent to an activating group) is 1. The summed E-state index contributed by atoms with van der Waals surface area (Å²) in [4.78, 5) is 11.7. The molecule has 0 saturated heterocycles. The molecule has 1 aliphatic rings. The molecule has 1 N–H and O–H groups in total. The topological polar surface area (TPSA) is 47.6 Å². The molecule has 0 bridgehead atoms. The van der Waals surface area contributed by atoms with Gasteiger partial charge in [-0.2, -0.15) is 0 Å². The van der Waals surface area contributed by atoms with Crippen LogP contribution in [-0.2, 0) is 4.74 Å². The predicted molar refractivity (Wildman–Crippen MR) is 68.7 cm³/mol. The van der Waals surface area contributed by atoms with E-state index in [1.54, 1.807) is 12.1 Å². The van der Waals surface area contributed by atoms with Gasteiger partial charge >= 0.3 is 6.16 Å². The van der Waals surface area contributed by atoms with Gasteiger partial charge < -0.3 is 14.8 Å². The number of hydrogen-bond acceptors (Lipinski definition) is 4. The van der Waals surface area contributed by atoms with Gasteiger partial charge in [0.15, 0.2) is 0 Å². The van der Waals surface area contributed by atoms with Gasteiger partial charge in [0, 0.05) is 6.04 Å². The number of ether oxygens (including phenoxy) is 2.